The van der Waals surface area contributed by atoms with Crippen LogP contribution in [-0.2, 0) is 20.7 Å². The van der Waals surface area contributed by atoms with Gasteiger partial charge in [-0.1, -0.05) is 30.3 Å². The molecule has 2 aromatic carbocycles. The van der Waals surface area contributed by atoms with Crippen LogP contribution in [0.5, 0.6) is 5.75 Å². The summed E-state index contributed by atoms with van der Waals surface area (Å²) >= 11 is 1.55. The minimum absolute atomic E-state index is 0.0500. The molecule has 0 N–H and O–H groups in total. The molecule has 1 amide bonds. The normalized spacial score (nSPS) is 11.8. The molecule has 0 unspecified atom stereocenters. The quantitative estimate of drug-likeness (QED) is 0.569. The zero-order valence-corrected chi connectivity index (χ0v) is 16.9. The van der Waals surface area contributed by atoms with Gasteiger partial charge in [-0.15, -0.1) is 11.3 Å². The van der Waals surface area contributed by atoms with Crippen LogP contribution in [0.4, 0.5) is 0 Å². The maximum absolute atomic E-state index is 12.5. The monoisotopic (exact) mass is 398 g/mol. The van der Waals surface area contributed by atoms with Crippen LogP contribution in [0.1, 0.15) is 23.5 Å². The molecule has 1 heterocycles. The van der Waals surface area contributed by atoms with Gasteiger partial charge in [0.15, 0.2) is 6.61 Å². The SMILES string of the molecule is COc1ccccc1CC(=O)OCC(=O)N(C)[C@H](C)c1nc2ccccc2s1. The number of para-hydroxylation sites is 2. The molecule has 6 nitrogen and oxygen atoms in total. The lowest BCUT2D eigenvalue weighted by molar-refractivity contribution is -0.151. The third-order valence-electron chi connectivity index (χ3n) is 4.53. The van der Waals surface area contributed by atoms with E-state index >= 15 is 0 Å². The summed E-state index contributed by atoms with van der Waals surface area (Å²) in [5.41, 5.74) is 1.64. The Balaban J connectivity index is 1.56. The van der Waals surface area contributed by atoms with E-state index < -0.39 is 5.97 Å². The lowest BCUT2D eigenvalue weighted by Gasteiger charge is -2.23. The first-order valence-corrected chi connectivity index (χ1v) is 9.70. The number of carbonyl (C=O) groups excluding carboxylic acids is 2. The summed E-state index contributed by atoms with van der Waals surface area (Å²) in [6.45, 7) is 1.60. The van der Waals surface area contributed by atoms with Crippen LogP contribution in [0.15, 0.2) is 48.5 Å². The number of likely N-dealkylation sites (N-methyl/N-ethyl adjacent to an activating group) is 1. The van der Waals surface area contributed by atoms with Crippen molar-refractivity contribution >= 4 is 33.4 Å². The molecule has 0 bridgehead atoms. The van der Waals surface area contributed by atoms with Crippen LogP contribution in [-0.4, -0.2) is 42.5 Å². The van der Waals surface area contributed by atoms with Crippen molar-refractivity contribution in [2.75, 3.05) is 20.8 Å². The molecule has 0 fully saturated rings. The first-order chi connectivity index (χ1) is 13.5. The minimum atomic E-state index is -0.473. The Bertz CT molecular complexity index is 952. The third-order valence-corrected chi connectivity index (χ3v) is 5.73. The highest BCUT2D eigenvalue weighted by molar-refractivity contribution is 7.18. The zero-order chi connectivity index (χ0) is 20.1. The molecule has 1 aromatic heterocycles. The van der Waals surface area contributed by atoms with Crippen molar-refractivity contribution in [2.45, 2.75) is 19.4 Å². The van der Waals surface area contributed by atoms with Crippen LogP contribution in [0.3, 0.4) is 0 Å². The van der Waals surface area contributed by atoms with Crippen LogP contribution in [0.25, 0.3) is 10.2 Å². The third kappa shape index (κ3) is 4.48. The second-order valence-electron chi connectivity index (χ2n) is 6.35. The number of hydrogen-bond donors (Lipinski definition) is 0. The van der Waals surface area contributed by atoms with Gasteiger partial charge in [0.25, 0.3) is 5.91 Å². The summed E-state index contributed by atoms with van der Waals surface area (Å²) in [7, 11) is 3.24. The lowest BCUT2D eigenvalue weighted by Crippen LogP contribution is -2.33. The first-order valence-electron chi connectivity index (χ1n) is 8.88. The minimum Gasteiger partial charge on any atom is -0.496 e. The van der Waals surface area contributed by atoms with E-state index in [0.29, 0.717) is 5.75 Å². The van der Waals surface area contributed by atoms with Gasteiger partial charge >= 0.3 is 5.97 Å². The van der Waals surface area contributed by atoms with E-state index in [0.717, 1.165) is 20.8 Å². The molecule has 7 heteroatoms. The zero-order valence-electron chi connectivity index (χ0n) is 16.0. The molecule has 3 rings (SSSR count). The Labute approximate surface area is 167 Å². The van der Waals surface area contributed by atoms with Gasteiger partial charge in [-0.3, -0.25) is 9.59 Å². The summed E-state index contributed by atoms with van der Waals surface area (Å²) in [5.74, 6) is -0.133. The number of rotatable bonds is 7. The highest BCUT2D eigenvalue weighted by Gasteiger charge is 2.22. The Kier molecular flexibility index (Phi) is 6.26. The second kappa shape index (κ2) is 8.84. The van der Waals surface area contributed by atoms with Crippen molar-refractivity contribution in [1.29, 1.82) is 0 Å². The van der Waals surface area contributed by atoms with Crippen molar-refractivity contribution in [2.24, 2.45) is 0 Å². The van der Waals surface area contributed by atoms with Crippen molar-refractivity contribution in [3.05, 3.63) is 59.1 Å². The highest BCUT2D eigenvalue weighted by Crippen LogP contribution is 2.28. The number of nitrogens with zero attached hydrogens (tertiary/aromatic N) is 2. The molecule has 0 saturated carbocycles. The number of benzene rings is 2. The van der Waals surface area contributed by atoms with E-state index in [2.05, 4.69) is 4.98 Å². The number of fused-ring (bicyclic) bond motifs is 1. The predicted molar refractivity (Wildman–Crippen MR) is 108 cm³/mol. The molecule has 0 radical (unpaired) electrons. The van der Waals surface area contributed by atoms with Gasteiger partial charge in [0, 0.05) is 12.6 Å². The number of aromatic nitrogens is 1. The molecule has 0 spiro atoms. The maximum Gasteiger partial charge on any atom is 0.310 e. The van der Waals surface area contributed by atoms with Gasteiger partial charge < -0.3 is 14.4 Å². The summed E-state index contributed by atoms with van der Waals surface area (Å²) in [5, 5.41) is 0.845. The number of amides is 1. The van der Waals surface area contributed by atoms with Gasteiger partial charge in [-0.2, -0.15) is 0 Å². The van der Waals surface area contributed by atoms with Crippen molar-refractivity contribution in [1.82, 2.24) is 9.88 Å². The van der Waals surface area contributed by atoms with Gasteiger partial charge in [-0.25, -0.2) is 4.98 Å². The molecular weight excluding hydrogens is 376 g/mol. The van der Waals surface area contributed by atoms with Crippen LogP contribution < -0.4 is 4.74 Å². The summed E-state index contributed by atoms with van der Waals surface area (Å²) in [6, 6.07) is 14.9. The van der Waals surface area contributed by atoms with Gasteiger partial charge in [-0.05, 0) is 25.1 Å². The first kappa shape index (κ1) is 19.8. The fourth-order valence-corrected chi connectivity index (χ4v) is 3.81. The predicted octanol–water partition coefficient (Wildman–Crippen LogP) is 3.61. The molecule has 1 atom stereocenters. The maximum atomic E-state index is 12.5. The summed E-state index contributed by atoms with van der Waals surface area (Å²) in [4.78, 5) is 30.7. The lowest BCUT2D eigenvalue weighted by atomic mass is 10.1. The van der Waals surface area contributed by atoms with Crippen LogP contribution >= 0.6 is 11.3 Å². The Morgan fingerprint density at radius 1 is 1.14 bits per heavy atom. The van der Waals surface area contributed by atoms with Gasteiger partial charge in [0.1, 0.15) is 10.8 Å². The van der Waals surface area contributed by atoms with E-state index in [9.17, 15) is 9.59 Å². The average Bonchev–Trinajstić information content (AvgIpc) is 3.15. The number of ether oxygens (including phenoxy) is 2. The number of carbonyl (C=O) groups is 2. The molecule has 28 heavy (non-hydrogen) atoms. The van der Waals surface area contributed by atoms with Crippen molar-refractivity contribution < 1.29 is 19.1 Å². The van der Waals surface area contributed by atoms with Gasteiger partial charge in [0.05, 0.1) is 29.8 Å². The van der Waals surface area contributed by atoms with E-state index in [4.69, 9.17) is 9.47 Å². The molecule has 146 valence electrons. The van der Waals surface area contributed by atoms with Gasteiger partial charge in [0.2, 0.25) is 0 Å². The van der Waals surface area contributed by atoms with E-state index in [-0.39, 0.29) is 25.0 Å². The van der Waals surface area contributed by atoms with E-state index in [1.54, 1.807) is 42.5 Å². The topological polar surface area (TPSA) is 68.7 Å². The molecule has 0 saturated heterocycles. The summed E-state index contributed by atoms with van der Waals surface area (Å²) < 4.78 is 11.5. The van der Waals surface area contributed by atoms with E-state index in [1.807, 2.05) is 43.3 Å². The largest absolute Gasteiger partial charge is 0.496 e. The Hall–Kier alpha value is -2.93. The number of methoxy groups -OCH3 is 1. The van der Waals surface area contributed by atoms with Crippen molar-refractivity contribution in [3.8, 4) is 5.75 Å². The smallest absolute Gasteiger partial charge is 0.310 e. The fraction of sp³-hybridized carbons (Fsp3) is 0.286. The highest BCUT2D eigenvalue weighted by atomic mass is 32.1. The number of hydrogen-bond acceptors (Lipinski definition) is 6. The molecule has 0 aliphatic heterocycles. The molecule has 0 aliphatic carbocycles. The number of thiazole rings is 1. The molecule has 3 aromatic rings. The Morgan fingerprint density at radius 3 is 2.61 bits per heavy atom. The summed E-state index contributed by atoms with van der Waals surface area (Å²) in [6.07, 6.45) is 0.0500. The molecule has 0 aliphatic rings. The van der Waals surface area contributed by atoms with Crippen LogP contribution in [0.2, 0.25) is 0 Å². The second-order valence-corrected chi connectivity index (χ2v) is 7.41. The van der Waals surface area contributed by atoms with Crippen LogP contribution in [0, 0.1) is 0 Å². The fourth-order valence-electron chi connectivity index (χ4n) is 2.75. The molecular formula is C21H22N2O4S. The standard InChI is InChI=1S/C21H22N2O4S/c1-14(21-22-16-9-5-7-11-18(16)28-21)23(2)19(24)13-27-20(25)12-15-8-4-6-10-17(15)26-3/h4-11,14H,12-13H2,1-3H3/t14-/m1/s1. The van der Waals surface area contributed by atoms with E-state index in [1.165, 1.54) is 0 Å². The average molecular weight is 398 g/mol. The van der Waals surface area contributed by atoms with Crippen molar-refractivity contribution in [3.63, 3.8) is 0 Å². The number of esters is 1. The Morgan fingerprint density at radius 2 is 1.86 bits per heavy atom.